The summed E-state index contributed by atoms with van der Waals surface area (Å²) in [4.78, 5) is 0. The lowest BCUT2D eigenvalue weighted by Gasteiger charge is -2.16. The molecule has 0 amide bonds. The quantitative estimate of drug-likeness (QED) is 0.564. The molecule has 0 radical (unpaired) electrons. The summed E-state index contributed by atoms with van der Waals surface area (Å²) in [7, 11) is -1.14. The Kier molecular flexibility index (Phi) is 5.40. The molecule has 0 aliphatic heterocycles. The van der Waals surface area contributed by atoms with Gasteiger partial charge < -0.3 is 9.30 Å². The first-order chi connectivity index (χ1) is 10.8. The standard InChI is InChI=1S/C18H23FN2OSi/c1-14-5-6-16(17(19)11-14)18-15(12-20)7-8-21(18)13-22-9-10-23(2,3)4/h5-8,11H,9-10,13H2,1-4H3. The number of rotatable bonds is 6. The number of nitrogens with zero attached hydrogens (tertiary/aromatic N) is 2. The van der Waals surface area contributed by atoms with Gasteiger partial charge in [-0.3, -0.25) is 0 Å². The zero-order valence-corrected chi connectivity index (χ0v) is 15.2. The van der Waals surface area contributed by atoms with Gasteiger partial charge in [-0.1, -0.05) is 25.7 Å². The van der Waals surface area contributed by atoms with Crippen molar-refractivity contribution < 1.29 is 9.13 Å². The van der Waals surface area contributed by atoms with E-state index in [-0.39, 0.29) is 5.82 Å². The molecule has 0 aliphatic rings. The molecule has 0 unspecified atom stereocenters. The fourth-order valence-corrected chi connectivity index (χ4v) is 3.08. The Morgan fingerprint density at radius 3 is 2.61 bits per heavy atom. The van der Waals surface area contributed by atoms with Crippen LogP contribution in [0.2, 0.25) is 25.7 Å². The molecular formula is C18H23FN2OSi. The van der Waals surface area contributed by atoms with E-state index in [9.17, 15) is 9.65 Å². The predicted octanol–water partition coefficient (Wildman–Crippen LogP) is 4.79. The molecule has 1 heterocycles. The summed E-state index contributed by atoms with van der Waals surface area (Å²) in [6.45, 7) is 9.75. The van der Waals surface area contributed by atoms with Crippen molar-refractivity contribution in [1.29, 1.82) is 5.26 Å². The monoisotopic (exact) mass is 330 g/mol. The molecule has 23 heavy (non-hydrogen) atoms. The molecule has 0 N–H and O–H groups in total. The molecular weight excluding hydrogens is 307 g/mol. The van der Waals surface area contributed by atoms with Crippen LogP contribution >= 0.6 is 0 Å². The normalized spacial score (nSPS) is 11.5. The minimum Gasteiger partial charge on any atom is -0.361 e. The Morgan fingerprint density at radius 1 is 1.26 bits per heavy atom. The minimum absolute atomic E-state index is 0.316. The lowest BCUT2D eigenvalue weighted by molar-refractivity contribution is 0.0885. The Balaban J connectivity index is 2.22. The fourth-order valence-electron chi connectivity index (χ4n) is 2.32. The molecule has 0 fully saturated rings. The van der Waals surface area contributed by atoms with Crippen molar-refractivity contribution in [2.75, 3.05) is 6.61 Å². The van der Waals surface area contributed by atoms with Gasteiger partial charge in [0.25, 0.3) is 0 Å². The molecule has 2 aromatic rings. The van der Waals surface area contributed by atoms with Gasteiger partial charge in [-0.05, 0) is 36.7 Å². The van der Waals surface area contributed by atoms with E-state index >= 15 is 0 Å². The molecule has 1 aromatic heterocycles. The first kappa shape index (κ1) is 17.5. The summed E-state index contributed by atoms with van der Waals surface area (Å²) in [5.41, 5.74) is 2.33. The molecule has 3 nitrogen and oxygen atoms in total. The highest BCUT2D eigenvalue weighted by Gasteiger charge is 2.16. The van der Waals surface area contributed by atoms with Gasteiger partial charge in [0.05, 0.1) is 11.3 Å². The lowest BCUT2D eigenvalue weighted by Crippen LogP contribution is -2.22. The first-order valence-corrected chi connectivity index (χ1v) is 11.5. The van der Waals surface area contributed by atoms with Crippen molar-refractivity contribution in [3.05, 3.63) is 47.4 Å². The smallest absolute Gasteiger partial charge is 0.132 e. The highest BCUT2D eigenvalue weighted by molar-refractivity contribution is 6.76. The Morgan fingerprint density at radius 2 is 2.00 bits per heavy atom. The number of benzene rings is 1. The number of nitriles is 1. The number of aromatic nitrogens is 1. The van der Waals surface area contributed by atoms with Gasteiger partial charge in [-0.15, -0.1) is 0 Å². The van der Waals surface area contributed by atoms with Crippen molar-refractivity contribution in [3.8, 4) is 17.3 Å². The number of ether oxygens (including phenoxy) is 1. The largest absolute Gasteiger partial charge is 0.361 e. The third-order valence-corrected chi connectivity index (χ3v) is 5.39. The van der Waals surface area contributed by atoms with Gasteiger partial charge in [0.1, 0.15) is 18.6 Å². The van der Waals surface area contributed by atoms with Crippen molar-refractivity contribution >= 4 is 8.07 Å². The van der Waals surface area contributed by atoms with Crippen LogP contribution in [0.4, 0.5) is 4.39 Å². The van der Waals surface area contributed by atoms with Crippen molar-refractivity contribution in [1.82, 2.24) is 4.57 Å². The zero-order valence-electron chi connectivity index (χ0n) is 14.2. The molecule has 1 aromatic carbocycles. The van der Waals surface area contributed by atoms with E-state index in [1.54, 1.807) is 22.9 Å². The number of hydrogen-bond acceptors (Lipinski definition) is 2. The van der Waals surface area contributed by atoms with E-state index < -0.39 is 8.07 Å². The Hall–Kier alpha value is -1.90. The van der Waals surface area contributed by atoms with E-state index in [4.69, 9.17) is 4.74 Å². The molecule has 0 saturated heterocycles. The van der Waals surface area contributed by atoms with Gasteiger partial charge in [0.2, 0.25) is 0 Å². The van der Waals surface area contributed by atoms with Gasteiger partial charge in [-0.2, -0.15) is 5.26 Å². The molecule has 5 heteroatoms. The Labute approximate surface area is 138 Å². The van der Waals surface area contributed by atoms with E-state index in [1.807, 2.05) is 13.0 Å². The van der Waals surface area contributed by atoms with Crippen molar-refractivity contribution in [2.24, 2.45) is 0 Å². The SMILES string of the molecule is Cc1ccc(-c2c(C#N)ccn2COCC[Si](C)(C)C)c(F)c1. The van der Waals surface area contributed by atoms with E-state index in [1.165, 1.54) is 6.07 Å². The van der Waals surface area contributed by atoms with Crippen LogP contribution in [0.25, 0.3) is 11.3 Å². The lowest BCUT2D eigenvalue weighted by atomic mass is 10.1. The van der Waals surface area contributed by atoms with Crippen molar-refractivity contribution in [3.63, 3.8) is 0 Å². The second-order valence-electron chi connectivity index (χ2n) is 6.99. The molecule has 0 bridgehead atoms. The second kappa shape index (κ2) is 7.11. The third kappa shape index (κ3) is 4.53. The zero-order chi connectivity index (χ0) is 17.0. The van der Waals surface area contributed by atoms with Gasteiger partial charge in [0.15, 0.2) is 0 Å². The second-order valence-corrected chi connectivity index (χ2v) is 12.6. The summed E-state index contributed by atoms with van der Waals surface area (Å²) in [6.07, 6.45) is 1.78. The topological polar surface area (TPSA) is 38.0 Å². The van der Waals surface area contributed by atoms with Crippen LogP contribution in [0.15, 0.2) is 30.5 Å². The summed E-state index contributed by atoms with van der Waals surface area (Å²) < 4.78 is 21.8. The highest BCUT2D eigenvalue weighted by Crippen LogP contribution is 2.28. The summed E-state index contributed by atoms with van der Waals surface area (Å²) in [6, 6.07) is 9.97. The third-order valence-electron chi connectivity index (χ3n) is 3.69. The summed E-state index contributed by atoms with van der Waals surface area (Å²) >= 11 is 0. The van der Waals surface area contributed by atoms with Gasteiger partial charge >= 0.3 is 0 Å². The maximum absolute atomic E-state index is 14.3. The first-order valence-electron chi connectivity index (χ1n) is 7.75. The van der Waals surface area contributed by atoms with Crippen LogP contribution in [0.3, 0.4) is 0 Å². The van der Waals surface area contributed by atoms with E-state index in [0.29, 0.717) is 30.2 Å². The van der Waals surface area contributed by atoms with Gasteiger partial charge in [0, 0.05) is 26.4 Å². The van der Waals surface area contributed by atoms with Crippen LogP contribution in [0.5, 0.6) is 0 Å². The Bertz CT molecular complexity index is 726. The van der Waals surface area contributed by atoms with E-state index in [0.717, 1.165) is 11.6 Å². The number of hydrogen-bond donors (Lipinski definition) is 0. The highest BCUT2D eigenvalue weighted by atomic mass is 28.3. The van der Waals surface area contributed by atoms with Crippen LogP contribution in [-0.2, 0) is 11.5 Å². The summed E-state index contributed by atoms with van der Waals surface area (Å²) in [5, 5.41) is 9.30. The average molecular weight is 330 g/mol. The molecule has 0 aliphatic carbocycles. The fraction of sp³-hybridized carbons (Fsp3) is 0.389. The maximum Gasteiger partial charge on any atom is 0.132 e. The molecule has 122 valence electrons. The van der Waals surface area contributed by atoms with Crippen LogP contribution in [0.1, 0.15) is 11.1 Å². The molecule has 2 rings (SSSR count). The van der Waals surface area contributed by atoms with Crippen molar-refractivity contribution in [2.45, 2.75) is 39.3 Å². The van der Waals surface area contributed by atoms with Crippen LogP contribution < -0.4 is 0 Å². The predicted molar refractivity (Wildman–Crippen MR) is 93.4 cm³/mol. The molecule has 0 atom stereocenters. The number of halogens is 1. The van der Waals surface area contributed by atoms with E-state index in [2.05, 4.69) is 25.7 Å². The number of aryl methyl sites for hydroxylation is 1. The molecule has 0 saturated carbocycles. The molecule has 0 spiro atoms. The average Bonchev–Trinajstić information content (AvgIpc) is 2.85. The summed E-state index contributed by atoms with van der Waals surface area (Å²) in [5.74, 6) is -0.316. The van der Waals surface area contributed by atoms with Gasteiger partial charge in [-0.25, -0.2) is 4.39 Å². The minimum atomic E-state index is -1.14. The van der Waals surface area contributed by atoms with Crippen LogP contribution in [-0.4, -0.2) is 19.2 Å². The maximum atomic E-state index is 14.3. The van der Waals surface area contributed by atoms with Crippen LogP contribution in [0, 0.1) is 24.1 Å².